The molecule has 1 heterocycles. The van der Waals surface area contributed by atoms with Crippen LogP contribution in [0.3, 0.4) is 0 Å². The number of hydrogen-bond donors (Lipinski definition) is 1. The van der Waals surface area contributed by atoms with E-state index >= 15 is 0 Å². The van der Waals surface area contributed by atoms with E-state index in [4.69, 9.17) is 11.6 Å². The second-order valence-electron chi connectivity index (χ2n) is 3.48. The van der Waals surface area contributed by atoms with Crippen LogP contribution in [0.4, 0.5) is 0 Å². The fourth-order valence-corrected chi connectivity index (χ4v) is 1.92. The summed E-state index contributed by atoms with van der Waals surface area (Å²) < 4.78 is 5.39. The number of rotatable bonds is 4. The van der Waals surface area contributed by atoms with Crippen molar-refractivity contribution in [2.75, 3.05) is 6.54 Å². The monoisotopic (exact) mass is 329 g/mol. The predicted octanol–water partition coefficient (Wildman–Crippen LogP) is 2.46. The number of nitrogens with one attached hydrogen (secondary N) is 1. The number of carbonyl (C=O) groups excluding carboxylic acids is 1. The van der Waals surface area contributed by atoms with E-state index in [0.29, 0.717) is 29.4 Å². The minimum Gasteiger partial charge on any atom is -0.352 e. The smallest absolute Gasteiger partial charge is 0.252 e. The Balaban J connectivity index is 1.93. The average molecular weight is 331 g/mol. The molecule has 2 rings (SSSR count). The van der Waals surface area contributed by atoms with Gasteiger partial charge < -0.3 is 9.84 Å². The van der Waals surface area contributed by atoms with E-state index in [0.717, 1.165) is 4.47 Å². The molecule has 1 amide bonds. The van der Waals surface area contributed by atoms with Gasteiger partial charge >= 0.3 is 0 Å². The van der Waals surface area contributed by atoms with Crippen molar-refractivity contribution in [3.05, 3.63) is 45.5 Å². The average Bonchev–Trinajstić information content (AvgIpc) is 2.85. The van der Waals surface area contributed by atoms with E-state index in [2.05, 4.69) is 35.9 Å². The van der Waals surface area contributed by atoms with E-state index in [1.165, 1.54) is 6.39 Å². The number of carbonyl (C=O) groups is 1. The van der Waals surface area contributed by atoms with Crippen LogP contribution in [0.2, 0.25) is 5.02 Å². The lowest BCUT2D eigenvalue weighted by atomic mass is 10.2. The van der Waals surface area contributed by atoms with E-state index in [-0.39, 0.29) is 5.91 Å². The Labute approximate surface area is 117 Å². The molecule has 0 spiro atoms. The first-order chi connectivity index (χ1) is 8.66. The summed E-state index contributed by atoms with van der Waals surface area (Å²) in [4.78, 5) is 15.7. The van der Waals surface area contributed by atoms with Crippen molar-refractivity contribution >= 4 is 33.4 Å². The number of nitrogens with zero attached hydrogens (tertiary/aromatic N) is 2. The minimum absolute atomic E-state index is 0.232. The molecule has 0 bridgehead atoms. The highest BCUT2D eigenvalue weighted by Gasteiger charge is 2.10. The zero-order valence-electron chi connectivity index (χ0n) is 9.19. The maximum atomic E-state index is 11.9. The van der Waals surface area contributed by atoms with E-state index in [1.807, 2.05) is 0 Å². The summed E-state index contributed by atoms with van der Waals surface area (Å²) in [5.41, 5.74) is 0.430. The maximum absolute atomic E-state index is 11.9. The molecule has 7 heteroatoms. The molecule has 0 fully saturated rings. The van der Waals surface area contributed by atoms with Gasteiger partial charge in [0.25, 0.3) is 5.91 Å². The zero-order chi connectivity index (χ0) is 13.0. The molecular formula is C11H9BrClN3O2. The van der Waals surface area contributed by atoms with Crippen molar-refractivity contribution in [1.82, 2.24) is 15.5 Å². The van der Waals surface area contributed by atoms with Crippen LogP contribution in [0.5, 0.6) is 0 Å². The summed E-state index contributed by atoms with van der Waals surface area (Å²) >= 11 is 9.24. The number of hydrogen-bond acceptors (Lipinski definition) is 4. The minimum atomic E-state index is -0.232. The van der Waals surface area contributed by atoms with Crippen LogP contribution < -0.4 is 5.32 Å². The summed E-state index contributed by atoms with van der Waals surface area (Å²) in [6.07, 6.45) is 1.76. The number of halogens is 2. The van der Waals surface area contributed by atoms with E-state index < -0.39 is 0 Å². The molecule has 94 valence electrons. The second-order valence-corrected chi connectivity index (χ2v) is 4.80. The molecule has 18 heavy (non-hydrogen) atoms. The topological polar surface area (TPSA) is 68.0 Å². The summed E-state index contributed by atoms with van der Waals surface area (Å²) in [5, 5.41) is 6.80. The zero-order valence-corrected chi connectivity index (χ0v) is 11.5. The SMILES string of the molecule is O=C(NCCc1ncon1)c1cc(Br)ccc1Cl. The molecular weight excluding hydrogens is 321 g/mol. The normalized spacial score (nSPS) is 10.3. The van der Waals surface area contributed by atoms with Gasteiger partial charge in [0, 0.05) is 17.4 Å². The Bertz CT molecular complexity index is 545. The fraction of sp³-hybridized carbons (Fsp3) is 0.182. The Kier molecular flexibility index (Phi) is 4.33. The van der Waals surface area contributed by atoms with Crippen molar-refractivity contribution in [3.63, 3.8) is 0 Å². The van der Waals surface area contributed by atoms with Crippen LogP contribution in [0.15, 0.2) is 33.6 Å². The van der Waals surface area contributed by atoms with Crippen LogP contribution >= 0.6 is 27.5 Å². The van der Waals surface area contributed by atoms with Crippen molar-refractivity contribution in [3.8, 4) is 0 Å². The second kappa shape index (κ2) is 5.97. The lowest BCUT2D eigenvalue weighted by Gasteiger charge is -2.06. The van der Waals surface area contributed by atoms with Gasteiger partial charge in [0.1, 0.15) is 0 Å². The highest BCUT2D eigenvalue weighted by Crippen LogP contribution is 2.20. The first-order valence-corrected chi connectivity index (χ1v) is 6.32. The summed E-state index contributed by atoms with van der Waals surface area (Å²) in [6.45, 7) is 0.418. The summed E-state index contributed by atoms with van der Waals surface area (Å²) in [6, 6.07) is 5.12. The van der Waals surface area contributed by atoms with Gasteiger partial charge in [-0.15, -0.1) is 0 Å². The van der Waals surface area contributed by atoms with Gasteiger partial charge in [-0.1, -0.05) is 32.7 Å². The highest BCUT2D eigenvalue weighted by atomic mass is 79.9. The predicted molar refractivity (Wildman–Crippen MR) is 69.5 cm³/mol. The molecule has 0 saturated carbocycles. The summed E-state index contributed by atoms with van der Waals surface area (Å²) in [7, 11) is 0. The van der Waals surface area contributed by atoms with Gasteiger partial charge in [0.2, 0.25) is 6.39 Å². The largest absolute Gasteiger partial charge is 0.352 e. The van der Waals surface area contributed by atoms with E-state index in [9.17, 15) is 4.79 Å². The standard InChI is InChI=1S/C11H9BrClN3O2/c12-7-1-2-9(13)8(5-7)11(17)14-4-3-10-15-6-18-16-10/h1-2,5-6H,3-4H2,(H,14,17). The molecule has 0 aliphatic carbocycles. The van der Waals surface area contributed by atoms with Crippen LogP contribution in [0, 0.1) is 0 Å². The molecule has 0 aliphatic rings. The van der Waals surface area contributed by atoms with Crippen LogP contribution in [-0.4, -0.2) is 22.6 Å². The Morgan fingerprint density at radius 2 is 2.33 bits per heavy atom. The maximum Gasteiger partial charge on any atom is 0.252 e. The van der Waals surface area contributed by atoms with Gasteiger partial charge in [0.05, 0.1) is 10.6 Å². The molecule has 0 radical (unpaired) electrons. The van der Waals surface area contributed by atoms with E-state index in [1.54, 1.807) is 18.2 Å². The van der Waals surface area contributed by atoms with Crippen molar-refractivity contribution in [2.24, 2.45) is 0 Å². The van der Waals surface area contributed by atoms with Crippen molar-refractivity contribution < 1.29 is 9.32 Å². The fourth-order valence-electron chi connectivity index (χ4n) is 1.36. The van der Waals surface area contributed by atoms with Gasteiger partial charge in [-0.05, 0) is 18.2 Å². The molecule has 0 unspecified atom stereocenters. The molecule has 1 aromatic heterocycles. The number of amides is 1. The Morgan fingerprint density at radius 1 is 1.50 bits per heavy atom. The lowest BCUT2D eigenvalue weighted by molar-refractivity contribution is 0.0954. The van der Waals surface area contributed by atoms with Crippen molar-refractivity contribution in [2.45, 2.75) is 6.42 Å². The molecule has 0 aliphatic heterocycles. The van der Waals surface area contributed by atoms with Gasteiger partial charge in [-0.3, -0.25) is 4.79 Å². The quantitative estimate of drug-likeness (QED) is 0.935. The third-order valence-electron chi connectivity index (χ3n) is 2.21. The number of benzene rings is 1. The van der Waals surface area contributed by atoms with Gasteiger partial charge in [0.15, 0.2) is 5.82 Å². The van der Waals surface area contributed by atoms with Crippen LogP contribution in [0.1, 0.15) is 16.2 Å². The van der Waals surface area contributed by atoms with Crippen molar-refractivity contribution in [1.29, 1.82) is 0 Å². The third-order valence-corrected chi connectivity index (χ3v) is 3.04. The van der Waals surface area contributed by atoms with Crippen LogP contribution in [-0.2, 0) is 6.42 Å². The van der Waals surface area contributed by atoms with Gasteiger partial charge in [-0.2, -0.15) is 4.98 Å². The number of aromatic nitrogens is 2. The van der Waals surface area contributed by atoms with Crippen LogP contribution in [0.25, 0.3) is 0 Å². The molecule has 1 N–H and O–H groups in total. The lowest BCUT2D eigenvalue weighted by Crippen LogP contribution is -2.26. The molecule has 2 aromatic rings. The molecule has 0 saturated heterocycles. The first kappa shape index (κ1) is 13.0. The Hall–Kier alpha value is -1.40. The molecule has 0 atom stereocenters. The Morgan fingerprint density at radius 3 is 3.06 bits per heavy atom. The first-order valence-electron chi connectivity index (χ1n) is 5.15. The van der Waals surface area contributed by atoms with Gasteiger partial charge in [-0.25, -0.2) is 0 Å². The molecule has 5 nitrogen and oxygen atoms in total. The third kappa shape index (κ3) is 3.30. The highest BCUT2D eigenvalue weighted by molar-refractivity contribution is 9.10. The summed E-state index contributed by atoms with van der Waals surface area (Å²) in [5.74, 6) is 0.320. The molecule has 1 aromatic carbocycles.